The van der Waals surface area contributed by atoms with E-state index in [4.69, 9.17) is 4.74 Å². The van der Waals surface area contributed by atoms with Crippen molar-refractivity contribution >= 4 is 11.8 Å². The summed E-state index contributed by atoms with van der Waals surface area (Å²) in [7, 11) is 1.67. The second-order valence-corrected chi connectivity index (χ2v) is 10.6. The van der Waals surface area contributed by atoms with E-state index < -0.39 is 6.10 Å². The van der Waals surface area contributed by atoms with Crippen LogP contribution in [0.1, 0.15) is 29.9 Å². The Morgan fingerprint density at radius 3 is 2.00 bits per heavy atom. The molecule has 4 nitrogen and oxygen atoms in total. The molecule has 0 saturated carbocycles. The van der Waals surface area contributed by atoms with Gasteiger partial charge in [-0.1, -0.05) is 36.4 Å². The number of para-hydroxylation sites is 1. The Bertz CT molecular complexity index is 1040. The molecule has 0 amide bonds. The van der Waals surface area contributed by atoms with Crippen molar-refractivity contribution in [3.63, 3.8) is 0 Å². The number of β-amino-alcohol motifs (C(OH)–C–C–N with tert-alkyl or cyclic N) is 1. The third kappa shape index (κ3) is 8.27. The van der Waals surface area contributed by atoms with E-state index >= 15 is 0 Å². The highest BCUT2D eigenvalue weighted by Gasteiger charge is 2.21. The number of halogens is 2. The fraction of sp³-hybridized carbons (Fsp3) is 0.400. The SMILES string of the molecule is COc1ccccc1SCC(O)CN1CCN(CCCC(c2ccc(F)cc2)c2ccc(F)cc2)CC1. The first-order valence-electron chi connectivity index (χ1n) is 12.9. The zero-order valence-electron chi connectivity index (χ0n) is 21.4. The van der Waals surface area contributed by atoms with Crippen LogP contribution in [0.5, 0.6) is 5.75 Å². The number of aliphatic hydroxyl groups excluding tert-OH is 1. The lowest BCUT2D eigenvalue weighted by Gasteiger charge is -2.35. The zero-order chi connectivity index (χ0) is 26.0. The van der Waals surface area contributed by atoms with E-state index in [1.165, 1.54) is 24.3 Å². The van der Waals surface area contributed by atoms with Crippen LogP contribution in [0.25, 0.3) is 0 Å². The standard InChI is InChI=1S/C30H36F2N2O2S/c1-36-29-6-2-3-7-30(29)37-22-27(35)21-34-19-17-33(18-20-34)16-4-5-28(23-8-12-25(31)13-9-23)24-10-14-26(32)15-11-24/h2-3,6-15,27-28,35H,4-5,16-22H2,1H3. The van der Waals surface area contributed by atoms with Crippen molar-refractivity contribution in [2.24, 2.45) is 0 Å². The maximum absolute atomic E-state index is 13.5. The molecule has 3 aromatic rings. The van der Waals surface area contributed by atoms with Gasteiger partial charge in [0, 0.05) is 49.3 Å². The molecule has 1 atom stereocenters. The summed E-state index contributed by atoms with van der Waals surface area (Å²) in [5, 5.41) is 10.6. The van der Waals surface area contributed by atoms with Crippen LogP contribution in [0, 0.1) is 11.6 Å². The molecule has 4 rings (SSSR count). The first kappa shape index (κ1) is 27.6. The van der Waals surface area contributed by atoms with E-state index in [1.807, 2.05) is 48.5 Å². The van der Waals surface area contributed by atoms with Crippen molar-refractivity contribution < 1.29 is 18.6 Å². The van der Waals surface area contributed by atoms with E-state index in [9.17, 15) is 13.9 Å². The molecule has 0 spiro atoms. The van der Waals surface area contributed by atoms with Gasteiger partial charge in [-0.05, 0) is 66.9 Å². The number of hydrogen-bond donors (Lipinski definition) is 1. The van der Waals surface area contributed by atoms with Crippen LogP contribution < -0.4 is 4.74 Å². The molecule has 3 aromatic carbocycles. The lowest BCUT2D eigenvalue weighted by atomic mass is 9.87. The van der Waals surface area contributed by atoms with Gasteiger partial charge >= 0.3 is 0 Å². The molecule has 0 radical (unpaired) electrons. The Hall–Kier alpha value is -2.45. The monoisotopic (exact) mass is 526 g/mol. The summed E-state index contributed by atoms with van der Waals surface area (Å²) in [5.41, 5.74) is 2.11. The minimum atomic E-state index is -0.395. The molecule has 1 aliphatic heterocycles. The smallest absolute Gasteiger partial charge is 0.132 e. The van der Waals surface area contributed by atoms with Crippen molar-refractivity contribution in [2.75, 3.05) is 52.1 Å². The molecule has 37 heavy (non-hydrogen) atoms. The van der Waals surface area contributed by atoms with Gasteiger partial charge in [-0.3, -0.25) is 4.90 Å². The molecule has 198 valence electrons. The predicted octanol–water partition coefficient (Wildman–Crippen LogP) is 5.66. The molecular formula is C30H36F2N2O2S. The average Bonchev–Trinajstić information content (AvgIpc) is 2.92. The van der Waals surface area contributed by atoms with Gasteiger partial charge in [-0.25, -0.2) is 8.78 Å². The average molecular weight is 527 g/mol. The van der Waals surface area contributed by atoms with Crippen LogP contribution in [0.4, 0.5) is 8.78 Å². The summed E-state index contributed by atoms with van der Waals surface area (Å²) < 4.78 is 32.4. The Morgan fingerprint density at radius 1 is 0.838 bits per heavy atom. The predicted molar refractivity (Wildman–Crippen MR) is 146 cm³/mol. The van der Waals surface area contributed by atoms with Gasteiger partial charge in [-0.15, -0.1) is 11.8 Å². The minimum absolute atomic E-state index is 0.110. The highest BCUT2D eigenvalue weighted by molar-refractivity contribution is 7.99. The first-order chi connectivity index (χ1) is 18.0. The number of thioether (sulfide) groups is 1. The normalized spacial score (nSPS) is 15.7. The molecule has 7 heteroatoms. The Kier molecular flexibility index (Phi) is 10.4. The maximum atomic E-state index is 13.5. The molecule has 1 heterocycles. The van der Waals surface area contributed by atoms with Gasteiger partial charge in [0.25, 0.3) is 0 Å². The molecule has 0 bridgehead atoms. The van der Waals surface area contributed by atoms with E-state index in [-0.39, 0.29) is 17.6 Å². The molecule has 0 aliphatic carbocycles. The third-order valence-electron chi connectivity index (χ3n) is 6.95. The van der Waals surface area contributed by atoms with Crippen LogP contribution in [-0.4, -0.2) is 73.1 Å². The Balaban J connectivity index is 1.21. The van der Waals surface area contributed by atoms with Crippen LogP contribution in [-0.2, 0) is 0 Å². The number of ether oxygens (including phenoxy) is 1. The van der Waals surface area contributed by atoms with Gasteiger partial charge in [0.1, 0.15) is 17.4 Å². The fourth-order valence-corrected chi connectivity index (χ4v) is 5.85. The van der Waals surface area contributed by atoms with Crippen molar-refractivity contribution in [1.29, 1.82) is 0 Å². The number of methoxy groups -OCH3 is 1. The highest BCUT2D eigenvalue weighted by Crippen LogP contribution is 2.31. The van der Waals surface area contributed by atoms with E-state index in [0.717, 1.165) is 67.3 Å². The lowest BCUT2D eigenvalue weighted by molar-refractivity contribution is 0.0819. The Labute approximate surface area is 223 Å². The van der Waals surface area contributed by atoms with Gasteiger partial charge in [-0.2, -0.15) is 0 Å². The van der Waals surface area contributed by atoms with E-state index in [1.54, 1.807) is 18.9 Å². The summed E-state index contributed by atoms with van der Waals surface area (Å²) in [6.45, 7) is 5.49. The first-order valence-corrected chi connectivity index (χ1v) is 13.9. The summed E-state index contributed by atoms with van der Waals surface area (Å²) >= 11 is 1.63. The lowest BCUT2D eigenvalue weighted by Crippen LogP contribution is -2.49. The zero-order valence-corrected chi connectivity index (χ0v) is 22.2. The summed E-state index contributed by atoms with van der Waals surface area (Å²) in [6, 6.07) is 21.2. The van der Waals surface area contributed by atoms with E-state index in [0.29, 0.717) is 12.3 Å². The number of aliphatic hydroxyl groups is 1. The van der Waals surface area contributed by atoms with Gasteiger partial charge in [0.2, 0.25) is 0 Å². The second-order valence-electron chi connectivity index (χ2n) is 9.56. The number of nitrogens with zero attached hydrogens (tertiary/aromatic N) is 2. The van der Waals surface area contributed by atoms with Gasteiger partial charge in [0.05, 0.1) is 13.2 Å². The number of hydrogen-bond acceptors (Lipinski definition) is 5. The number of piperazine rings is 1. The van der Waals surface area contributed by atoms with E-state index in [2.05, 4.69) is 9.80 Å². The molecular weight excluding hydrogens is 490 g/mol. The van der Waals surface area contributed by atoms with Gasteiger partial charge in [0.15, 0.2) is 0 Å². The topological polar surface area (TPSA) is 35.9 Å². The molecule has 1 N–H and O–H groups in total. The van der Waals surface area contributed by atoms with Crippen LogP contribution in [0.2, 0.25) is 0 Å². The maximum Gasteiger partial charge on any atom is 0.132 e. The van der Waals surface area contributed by atoms with Crippen LogP contribution >= 0.6 is 11.8 Å². The molecule has 0 aromatic heterocycles. The van der Waals surface area contributed by atoms with Gasteiger partial charge < -0.3 is 14.7 Å². The number of rotatable bonds is 12. The second kappa shape index (κ2) is 13.9. The third-order valence-corrected chi connectivity index (χ3v) is 8.15. The number of benzene rings is 3. The van der Waals surface area contributed by atoms with Crippen molar-refractivity contribution in [1.82, 2.24) is 9.80 Å². The highest BCUT2D eigenvalue weighted by atomic mass is 32.2. The summed E-state index contributed by atoms with van der Waals surface area (Å²) in [5.74, 6) is 1.09. The molecule has 1 unspecified atom stereocenters. The van der Waals surface area contributed by atoms with Crippen molar-refractivity contribution in [3.8, 4) is 5.75 Å². The molecule has 1 saturated heterocycles. The quantitative estimate of drug-likeness (QED) is 0.309. The molecule has 1 aliphatic rings. The van der Waals surface area contributed by atoms with Crippen LogP contribution in [0.15, 0.2) is 77.7 Å². The fourth-order valence-electron chi connectivity index (χ4n) is 4.91. The Morgan fingerprint density at radius 2 is 1.41 bits per heavy atom. The van der Waals surface area contributed by atoms with Crippen molar-refractivity contribution in [3.05, 3.63) is 95.6 Å². The summed E-state index contributed by atoms with van der Waals surface area (Å²) in [6.07, 6.45) is 1.52. The largest absolute Gasteiger partial charge is 0.496 e. The van der Waals surface area contributed by atoms with Crippen molar-refractivity contribution in [2.45, 2.75) is 29.8 Å². The minimum Gasteiger partial charge on any atom is -0.496 e. The molecule has 1 fully saturated rings. The van der Waals surface area contributed by atoms with Crippen LogP contribution in [0.3, 0.4) is 0 Å². The summed E-state index contributed by atoms with van der Waals surface area (Å²) in [4.78, 5) is 5.86.